The molecule has 47 heavy (non-hydrogen) atoms. The van der Waals surface area contributed by atoms with E-state index in [9.17, 15) is 36.7 Å². The predicted molar refractivity (Wildman–Crippen MR) is 168 cm³/mol. The molecule has 1 atom stereocenters. The summed E-state index contributed by atoms with van der Waals surface area (Å²) < 4.78 is 73.2. The number of carbonyl (C=O) groups excluding carboxylic acids is 2. The number of rotatable bonds is 13. The number of esters is 1. The number of hydrogen-bond donors (Lipinski definition) is 1. The second-order valence-electron chi connectivity index (χ2n) is 11.4. The van der Waals surface area contributed by atoms with Gasteiger partial charge in [0.15, 0.2) is 0 Å². The summed E-state index contributed by atoms with van der Waals surface area (Å²) in [7, 11) is 0. The van der Waals surface area contributed by atoms with Gasteiger partial charge >= 0.3 is 23.9 Å². The van der Waals surface area contributed by atoms with Crippen LogP contribution in [0.1, 0.15) is 69.7 Å². The first kappa shape index (κ1) is 37.3. The average Bonchev–Trinajstić information content (AvgIpc) is 2.97. The Morgan fingerprint density at radius 3 is 2.40 bits per heavy atom. The van der Waals surface area contributed by atoms with Gasteiger partial charge in [-0.05, 0) is 74.7 Å². The van der Waals surface area contributed by atoms with E-state index in [0.29, 0.717) is 23.8 Å². The average molecular weight is 731 g/mol. The first-order valence-corrected chi connectivity index (χ1v) is 15.5. The number of benzene rings is 2. The minimum absolute atomic E-state index is 0.0679. The summed E-state index contributed by atoms with van der Waals surface area (Å²) in [5.74, 6) is -1.18. The Morgan fingerprint density at radius 2 is 1.74 bits per heavy atom. The summed E-state index contributed by atoms with van der Waals surface area (Å²) in [6.07, 6.45) is -4.27. The van der Waals surface area contributed by atoms with Crippen LogP contribution in [0.5, 0.6) is 5.75 Å². The van der Waals surface area contributed by atoms with Crippen molar-refractivity contribution in [1.82, 2.24) is 14.5 Å². The van der Waals surface area contributed by atoms with Crippen molar-refractivity contribution in [3.8, 4) is 5.75 Å². The van der Waals surface area contributed by atoms with Gasteiger partial charge in [-0.25, -0.2) is 14.0 Å². The highest BCUT2D eigenvalue weighted by molar-refractivity contribution is 9.10. The van der Waals surface area contributed by atoms with Crippen LogP contribution in [0.3, 0.4) is 0 Å². The second kappa shape index (κ2) is 16.1. The highest BCUT2D eigenvalue weighted by Crippen LogP contribution is 2.33. The lowest BCUT2D eigenvalue weighted by Gasteiger charge is -2.25. The highest BCUT2D eigenvalue weighted by Gasteiger charge is 2.34. The minimum atomic E-state index is -4.89. The van der Waals surface area contributed by atoms with Crippen molar-refractivity contribution < 1.29 is 41.4 Å². The summed E-state index contributed by atoms with van der Waals surface area (Å²) in [4.78, 5) is 51.1. The number of carbonyl (C=O) groups is 2. The first-order chi connectivity index (χ1) is 22.0. The molecular weight excluding hydrogens is 694 g/mol. The lowest BCUT2D eigenvalue weighted by Crippen LogP contribution is -2.42. The molecule has 3 aromatic rings. The van der Waals surface area contributed by atoms with E-state index in [-0.39, 0.29) is 43.0 Å². The van der Waals surface area contributed by atoms with Gasteiger partial charge in [0.1, 0.15) is 17.2 Å². The zero-order chi connectivity index (χ0) is 34.9. The number of aromatic nitrogens is 2. The fourth-order valence-corrected chi connectivity index (χ4v) is 5.09. The van der Waals surface area contributed by atoms with E-state index in [0.717, 1.165) is 27.5 Å². The molecule has 256 valence electrons. The van der Waals surface area contributed by atoms with Crippen molar-refractivity contribution >= 4 is 28.0 Å². The van der Waals surface area contributed by atoms with Crippen molar-refractivity contribution in [2.45, 2.75) is 77.9 Å². The summed E-state index contributed by atoms with van der Waals surface area (Å²) in [5.41, 5.74) is -4.17. The number of para-hydroxylation sites is 1. The zero-order valence-electron chi connectivity index (χ0n) is 26.3. The maximum Gasteiger partial charge on any atom is 0.416 e. The smallest absolute Gasteiger partial charge is 0.416 e. The molecular formula is C32H36BrF4N3O7. The van der Waals surface area contributed by atoms with E-state index in [2.05, 4.69) is 21.2 Å². The Balaban J connectivity index is 1.95. The van der Waals surface area contributed by atoms with E-state index < -0.39 is 58.7 Å². The first-order valence-electron chi connectivity index (χ1n) is 14.7. The summed E-state index contributed by atoms with van der Waals surface area (Å²) in [6, 6.07) is 8.30. The lowest BCUT2D eigenvalue weighted by atomic mass is 10.0. The molecule has 0 fully saturated rings. The van der Waals surface area contributed by atoms with Crippen LogP contribution in [0.4, 0.5) is 22.4 Å². The molecule has 3 rings (SSSR count). The number of hydrogen-bond acceptors (Lipinski definition) is 7. The molecule has 1 aromatic heterocycles. The number of alkyl carbamates (subject to hydrolysis) is 1. The monoisotopic (exact) mass is 729 g/mol. The van der Waals surface area contributed by atoms with E-state index in [1.165, 1.54) is 0 Å². The van der Waals surface area contributed by atoms with Crippen LogP contribution in [-0.4, -0.2) is 40.0 Å². The molecule has 15 heteroatoms. The van der Waals surface area contributed by atoms with Crippen molar-refractivity contribution in [3.05, 3.63) is 96.5 Å². The Morgan fingerprint density at radius 1 is 1.04 bits per heavy atom. The zero-order valence-corrected chi connectivity index (χ0v) is 27.9. The topological polar surface area (TPSA) is 118 Å². The third kappa shape index (κ3) is 10.7. The van der Waals surface area contributed by atoms with Crippen molar-refractivity contribution in [3.63, 3.8) is 0 Å². The Kier molecular flexibility index (Phi) is 12.8. The lowest BCUT2D eigenvalue weighted by molar-refractivity contribution is -0.143. The highest BCUT2D eigenvalue weighted by atomic mass is 79.9. The molecule has 0 bridgehead atoms. The Labute approximate surface area is 276 Å². The SMILES string of the molecule is CCOC(=O)CCCOc1ccccc1C(CCn1c(=O)c(Br)cn(Cc2c(F)cccc2C(F)(F)F)c1=O)NC(=O)OC(C)(C)C. The molecule has 10 nitrogen and oxygen atoms in total. The van der Waals surface area contributed by atoms with Gasteiger partial charge < -0.3 is 19.5 Å². The number of alkyl halides is 3. The summed E-state index contributed by atoms with van der Waals surface area (Å²) >= 11 is 3.06. The van der Waals surface area contributed by atoms with Gasteiger partial charge in [-0.2, -0.15) is 13.2 Å². The summed E-state index contributed by atoms with van der Waals surface area (Å²) in [6.45, 7) is 6.00. The van der Waals surface area contributed by atoms with E-state index >= 15 is 0 Å². The van der Waals surface area contributed by atoms with Crippen LogP contribution in [0, 0.1) is 5.82 Å². The number of nitrogens with zero attached hydrogens (tertiary/aromatic N) is 2. The minimum Gasteiger partial charge on any atom is -0.493 e. The largest absolute Gasteiger partial charge is 0.493 e. The van der Waals surface area contributed by atoms with Gasteiger partial charge in [0, 0.05) is 30.3 Å². The quantitative estimate of drug-likeness (QED) is 0.124. The molecule has 0 saturated carbocycles. The molecule has 1 heterocycles. The molecule has 0 saturated heterocycles. The summed E-state index contributed by atoms with van der Waals surface area (Å²) in [5, 5.41) is 2.74. The van der Waals surface area contributed by atoms with Crippen molar-refractivity contribution in [2.75, 3.05) is 13.2 Å². The molecule has 1 amide bonds. The maximum atomic E-state index is 14.6. The van der Waals surface area contributed by atoms with Crippen molar-refractivity contribution in [1.29, 1.82) is 0 Å². The second-order valence-corrected chi connectivity index (χ2v) is 12.2. The van der Waals surface area contributed by atoms with Gasteiger partial charge in [-0.15, -0.1) is 0 Å². The number of amides is 1. The van der Waals surface area contributed by atoms with Gasteiger partial charge in [0.05, 0.1) is 35.8 Å². The van der Waals surface area contributed by atoms with E-state index in [4.69, 9.17) is 14.2 Å². The Hall–Kier alpha value is -4.14. The van der Waals surface area contributed by atoms with Crippen LogP contribution >= 0.6 is 15.9 Å². The number of ether oxygens (including phenoxy) is 3. The molecule has 0 aliphatic heterocycles. The molecule has 0 aliphatic rings. The van der Waals surface area contributed by atoms with Crippen LogP contribution < -0.4 is 21.3 Å². The fraction of sp³-hybridized carbons (Fsp3) is 0.438. The van der Waals surface area contributed by atoms with Crippen molar-refractivity contribution in [2.24, 2.45) is 0 Å². The molecule has 0 radical (unpaired) electrons. The maximum absolute atomic E-state index is 14.6. The number of nitrogens with one attached hydrogen (secondary N) is 1. The normalized spacial score (nSPS) is 12.4. The van der Waals surface area contributed by atoms with Crippen LogP contribution in [-0.2, 0) is 33.5 Å². The van der Waals surface area contributed by atoms with Gasteiger partial charge in [0.2, 0.25) is 0 Å². The van der Waals surface area contributed by atoms with Crippen LogP contribution in [0.25, 0.3) is 0 Å². The predicted octanol–water partition coefficient (Wildman–Crippen LogP) is 6.36. The van der Waals surface area contributed by atoms with E-state index in [1.54, 1.807) is 52.0 Å². The van der Waals surface area contributed by atoms with Crippen LogP contribution in [0.15, 0.2) is 62.7 Å². The van der Waals surface area contributed by atoms with Gasteiger partial charge in [-0.3, -0.25) is 18.7 Å². The molecule has 1 unspecified atom stereocenters. The fourth-order valence-electron chi connectivity index (χ4n) is 4.63. The van der Waals surface area contributed by atoms with Gasteiger partial charge in [-0.1, -0.05) is 24.3 Å². The third-order valence-corrected chi connectivity index (χ3v) is 7.21. The van der Waals surface area contributed by atoms with E-state index in [1.807, 2.05) is 0 Å². The third-order valence-electron chi connectivity index (χ3n) is 6.66. The number of halogens is 5. The standard InChI is InChI=1S/C32H36BrF4N3O7/c1-5-45-27(41)14-9-17-46-26-13-7-6-10-20(26)25(38-29(43)47-31(2,3)4)15-16-40-28(42)23(33)19-39(30(40)44)18-21-22(32(35,36)37)11-8-12-24(21)34/h6-8,10-13,19,25H,5,9,14-18H2,1-4H3,(H,38,43). The molecule has 1 N–H and O–H groups in total. The Bertz CT molecular complexity index is 1680. The molecule has 2 aromatic carbocycles. The molecule has 0 spiro atoms. The van der Waals surface area contributed by atoms with Gasteiger partial charge in [0.25, 0.3) is 5.56 Å². The molecule has 0 aliphatic carbocycles. The van der Waals surface area contributed by atoms with Crippen LogP contribution in [0.2, 0.25) is 0 Å².